The Balaban J connectivity index is 2.12. The lowest BCUT2D eigenvalue weighted by Gasteiger charge is -2.38. The van der Waals surface area contributed by atoms with Crippen molar-refractivity contribution in [2.75, 3.05) is 19.0 Å². The summed E-state index contributed by atoms with van der Waals surface area (Å²) >= 11 is 0. The second-order valence-corrected chi connectivity index (χ2v) is 6.38. The minimum absolute atomic E-state index is 0.0236. The SMILES string of the molecule is C=CCN1C(=O)c2ccccc2NC1c1cccc(OC)c1OC(C)C. The van der Waals surface area contributed by atoms with Crippen molar-refractivity contribution in [3.8, 4) is 11.5 Å². The molecule has 0 fully saturated rings. The third-order valence-corrected chi connectivity index (χ3v) is 4.23. The molecule has 1 atom stereocenters. The van der Waals surface area contributed by atoms with Gasteiger partial charge in [0.15, 0.2) is 11.5 Å². The highest BCUT2D eigenvalue weighted by molar-refractivity contribution is 6.01. The quantitative estimate of drug-likeness (QED) is 0.790. The Morgan fingerprint density at radius 3 is 2.69 bits per heavy atom. The molecule has 1 heterocycles. The van der Waals surface area contributed by atoms with E-state index in [1.165, 1.54) is 0 Å². The number of nitrogens with zero attached hydrogens (tertiary/aromatic N) is 1. The van der Waals surface area contributed by atoms with Crippen molar-refractivity contribution in [1.82, 2.24) is 4.90 Å². The third kappa shape index (κ3) is 3.25. The minimum Gasteiger partial charge on any atom is -0.493 e. The topological polar surface area (TPSA) is 50.8 Å². The lowest BCUT2D eigenvalue weighted by atomic mass is 10.0. The van der Waals surface area contributed by atoms with Crippen molar-refractivity contribution in [3.63, 3.8) is 0 Å². The lowest BCUT2D eigenvalue weighted by Crippen LogP contribution is -2.43. The van der Waals surface area contributed by atoms with Crippen molar-refractivity contribution >= 4 is 11.6 Å². The summed E-state index contributed by atoms with van der Waals surface area (Å²) in [5, 5.41) is 3.47. The van der Waals surface area contributed by atoms with Crippen LogP contribution < -0.4 is 14.8 Å². The molecule has 0 saturated heterocycles. The van der Waals surface area contributed by atoms with Crippen LogP contribution in [0, 0.1) is 0 Å². The number of nitrogens with one attached hydrogen (secondary N) is 1. The summed E-state index contributed by atoms with van der Waals surface area (Å²) in [4.78, 5) is 14.8. The van der Waals surface area contributed by atoms with Crippen LogP contribution in [0.4, 0.5) is 5.69 Å². The standard InChI is InChI=1S/C21H24N2O3/c1-5-13-23-20(22-17-11-7-6-9-15(17)21(23)24)16-10-8-12-18(25-4)19(16)26-14(2)3/h5-12,14,20,22H,1,13H2,2-4H3. The number of carbonyl (C=O) groups is 1. The molecule has 5 heteroatoms. The number of hydrogen-bond acceptors (Lipinski definition) is 4. The molecule has 136 valence electrons. The van der Waals surface area contributed by atoms with E-state index in [0.29, 0.717) is 23.6 Å². The number of fused-ring (bicyclic) bond motifs is 1. The van der Waals surface area contributed by atoms with Gasteiger partial charge >= 0.3 is 0 Å². The van der Waals surface area contributed by atoms with E-state index in [9.17, 15) is 4.79 Å². The van der Waals surface area contributed by atoms with E-state index in [1.807, 2.05) is 56.3 Å². The normalized spacial score (nSPS) is 16.1. The van der Waals surface area contributed by atoms with Gasteiger partial charge in [-0.1, -0.05) is 30.3 Å². The Morgan fingerprint density at radius 2 is 2.00 bits per heavy atom. The fourth-order valence-electron chi connectivity index (χ4n) is 3.14. The fourth-order valence-corrected chi connectivity index (χ4v) is 3.14. The Morgan fingerprint density at radius 1 is 1.23 bits per heavy atom. The molecule has 0 aromatic heterocycles. The number of methoxy groups -OCH3 is 1. The van der Waals surface area contributed by atoms with Gasteiger partial charge in [0.25, 0.3) is 5.91 Å². The zero-order chi connectivity index (χ0) is 18.7. The maximum atomic E-state index is 13.0. The maximum Gasteiger partial charge on any atom is 0.258 e. The van der Waals surface area contributed by atoms with Crippen LogP contribution in [-0.2, 0) is 0 Å². The molecule has 3 rings (SSSR count). The minimum atomic E-state index is -0.376. The average molecular weight is 352 g/mol. The Kier molecular flexibility index (Phi) is 5.16. The summed E-state index contributed by atoms with van der Waals surface area (Å²) in [5.74, 6) is 1.24. The number of benzene rings is 2. The van der Waals surface area contributed by atoms with Crippen LogP contribution in [0.25, 0.3) is 0 Å². The van der Waals surface area contributed by atoms with Gasteiger partial charge < -0.3 is 19.7 Å². The average Bonchev–Trinajstić information content (AvgIpc) is 2.64. The molecule has 0 aliphatic carbocycles. The van der Waals surface area contributed by atoms with E-state index >= 15 is 0 Å². The number of rotatable bonds is 6. The van der Waals surface area contributed by atoms with Gasteiger partial charge in [-0.05, 0) is 32.0 Å². The molecule has 1 aliphatic rings. The monoisotopic (exact) mass is 352 g/mol. The van der Waals surface area contributed by atoms with Crippen molar-refractivity contribution in [2.45, 2.75) is 26.1 Å². The highest BCUT2D eigenvalue weighted by Gasteiger charge is 2.34. The van der Waals surface area contributed by atoms with Crippen molar-refractivity contribution in [3.05, 3.63) is 66.2 Å². The summed E-state index contributed by atoms with van der Waals surface area (Å²) in [6, 6.07) is 13.2. The molecular formula is C21H24N2O3. The number of hydrogen-bond donors (Lipinski definition) is 1. The third-order valence-electron chi connectivity index (χ3n) is 4.23. The number of ether oxygens (including phenoxy) is 2. The van der Waals surface area contributed by atoms with Gasteiger partial charge in [0.2, 0.25) is 0 Å². The molecule has 1 N–H and O–H groups in total. The highest BCUT2D eigenvalue weighted by Crippen LogP contribution is 2.41. The molecule has 0 spiro atoms. The first kappa shape index (κ1) is 17.9. The van der Waals surface area contributed by atoms with E-state index in [0.717, 1.165) is 11.3 Å². The summed E-state index contributed by atoms with van der Waals surface area (Å²) in [5.41, 5.74) is 2.31. The van der Waals surface area contributed by atoms with Gasteiger partial charge in [-0.2, -0.15) is 0 Å². The van der Waals surface area contributed by atoms with E-state index in [-0.39, 0.29) is 18.2 Å². The lowest BCUT2D eigenvalue weighted by molar-refractivity contribution is 0.0704. The smallest absolute Gasteiger partial charge is 0.258 e. The van der Waals surface area contributed by atoms with Crippen LogP contribution in [-0.4, -0.2) is 30.6 Å². The molecule has 5 nitrogen and oxygen atoms in total. The first-order chi connectivity index (χ1) is 12.6. The Hall–Kier alpha value is -2.95. The molecule has 26 heavy (non-hydrogen) atoms. The highest BCUT2D eigenvalue weighted by atomic mass is 16.5. The van der Waals surface area contributed by atoms with Crippen molar-refractivity contribution < 1.29 is 14.3 Å². The molecule has 1 amide bonds. The molecular weight excluding hydrogens is 328 g/mol. The predicted octanol–water partition coefficient (Wildman–Crippen LogP) is 4.23. The second kappa shape index (κ2) is 7.52. The first-order valence-electron chi connectivity index (χ1n) is 8.67. The Labute approximate surface area is 154 Å². The predicted molar refractivity (Wildman–Crippen MR) is 103 cm³/mol. The molecule has 1 aliphatic heterocycles. The largest absolute Gasteiger partial charge is 0.493 e. The fraction of sp³-hybridized carbons (Fsp3) is 0.286. The molecule has 0 saturated carbocycles. The van der Waals surface area contributed by atoms with Crippen LogP contribution in [0.2, 0.25) is 0 Å². The maximum absolute atomic E-state index is 13.0. The molecule has 0 bridgehead atoms. The number of amides is 1. The molecule has 2 aromatic carbocycles. The van der Waals surface area contributed by atoms with Gasteiger partial charge in [-0.15, -0.1) is 6.58 Å². The van der Waals surface area contributed by atoms with Crippen LogP contribution in [0.5, 0.6) is 11.5 Å². The van der Waals surface area contributed by atoms with Gasteiger partial charge in [0.1, 0.15) is 6.17 Å². The summed E-state index contributed by atoms with van der Waals surface area (Å²) in [6.45, 7) is 8.15. The van der Waals surface area contributed by atoms with E-state index in [2.05, 4.69) is 11.9 Å². The van der Waals surface area contributed by atoms with Crippen LogP contribution in [0.1, 0.15) is 35.9 Å². The zero-order valence-electron chi connectivity index (χ0n) is 15.4. The van der Waals surface area contributed by atoms with Crippen molar-refractivity contribution in [2.24, 2.45) is 0 Å². The first-order valence-corrected chi connectivity index (χ1v) is 8.67. The van der Waals surface area contributed by atoms with Gasteiger partial charge in [-0.3, -0.25) is 4.79 Å². The number of anilines is 1. The van der Waals surface area contributed by atoms with Gasteiger partial charge in [0.05, 0.1) is 18.8 Å². The second-order valence-electron chi connectivity index (χ2n) is 6.38. The molecule has 0 radical (unpaired) electrons. The number of carbonyl (C=O) groups excluding carboxylic acids is 1. The summed E-state index contributed by atoms with van der Waals surface area (Å²) < 4.78 is 11.5. The van der Waals surface area contributed by atoms with Crippen LogP contribution in [0.3, 0.4) is 0 Å². The van der Waals surface area contributed by atoms with E-state index < -0.39 is 0 Å². The van der Waals surface area contributed by atoms with Crippen molar-refractivity contribution in [1.29, 1.82) is 0 Å². The van der Waals surface area contributed by atoms with E-state index in [1.54, 1.807) is 18.1 Å². The van der Waals surface area contributed by atoms with E-state index in [4.69, 9.17) is 9.47 Å². The molecule has 1 unspecified atom stereocenters. The van der Waals surface area contributed by atoms with Crippen LogP contribution in [0.15, 0.2) is 55.1 Å². The zero-order valence-corrected chi connectivity index (χ0v) is 15.4. The van der Waals surface area contributed by atoms with Gasteiger partial charge in [0, 0.05) is 17.8 Å². The van der Waals surface area contributed by atoms with Crippen LogP contribution >= 0.6 is 0 Å². The number of para-hydroxylation sites is 2. The molecule has 2 aromatic rings. The summed E-state index contributed by atoms with van der Waals surface area (Å²) in [7, 11) is 1.61. The van der Waals surface area contributed by atoms with Gasteiger partial charge in [-0.25, -0.2) is 0 Å². The summed E-state index contributed by atoms with van der Waals surface area (Å²) in [6.07, 6.45) is 1.33. The Bertz CT molecular complexity index is 817.